The third kappa shape index (κ3) is 3.47. The molecule has 7 heteroatoms. The molecule has 0 amide bonds. The molecular weight excluding hydrogens is 328 g/mol. The van der Waals surface area contributed by atoms with Gasteiger partial charge in [-0.2, -0.15) is 0 Å². The molecule has 1 fully saturated rings. The van der Waals surface area contributed by atoms with Crippen LogP contribution in [-0.2, 0) is 16.4 Å². The van der Waals surface area contributed by atoms with E-state index in [9.17, 15) is 13.2 Å². The van der Waals surface area contributed by atoms with Crippen molar-refractivity contribution in [2.45, 2.75) is 25.9 Å². The first kappa shape index (κ1) is 17.0. The van der Waals surface area contributed by atoms with Crippen LogP contribution in [0.5, 0.6) is 5.75 Å². The Balaban J connectivity index is 1.90. The number of methoxy groups -OCH3 is 1. The average molecular weight is 350 g/mol. The zero-order valence-electron chi connectivity index (χ0n) is 13.9. The van der Waals surface area contributed by atoms with Crippen LogP contribution in [0, 0.1) is 0 Å². The molecule has 0 spiro atoms. The van der Waals surface area contributed by atoms with Crippen LogP contribution in [0.1, 0.15) is 18.9 Å². The lowest BCUT2D eigenvalue weighted by Crippen LogP contribution is -2.37. The third-order valence-electron chi connectivity index (χ3n) is 4.63. The molecule has 1 aromatic carbocycles. The van der Waals surface area contributed by atoms with Gasteiger partial charge in [-0.05, 0) is 37.2 Å². The molecule has 24 heavy (non-hydrogen) atoms. The first-order chi connectivity index (χ1) is 11.4. The number of H-pyrrole nitrogens is 1. The SMILES string of the molecule is CCN(Cc1cc2cc(OC)ccc2[nH]c1=O)[C@@H]1CCS(=O)(=O)C1. The van der Waals surface area contributed by atoms with Crippen LogP contribution in [0.3, 0.4) is 0 Å². The topological polar surface area (TPSA) is 79.5 Å². The van der Waals surface area contributed by atoms with Gasteiger partial charge in [0.05, 0.1) is 18.6 Å². The maximum absolute atomic E-state index is 12.3. The fraction of sp³-hybridized carbons (Fsp3) is 0.471. The van der Waals surface area contributed by atoms with E-state index < -0.39 is 9.84 Å². The predicted molar refractivity (Wildman–Crippen MR) is 94.3 cm³/mol. The molecule has 2 heterocycles. The van der Waals surface area contributed by atoms with E-state index in [1.807, 2.05) is 25.1 Å². The Labute approximate surface area is 141 Å². The molecule has 0 radical (unpaired) electrons. The van der Waals surface area contributed by atoms with Gasteiger partial charge in [-0.15, -0.1) is 0 Å². The summed E-state index contributed by atoms with van der Waals surface area (Å²) in [5.41, 5.74) is 1.27. The van der Waals surface area contributed by atoms with E-state index in [0.29, 0.717) is 25.1 Å². The summed E-state index contributed by atoms with van der Waals surface area (Å²) in [6.45, 7) is 3.14. The second-order valence-corrected chi connectivity index (χ2v) is 8.43. The van der Waals surface area contributed by atoms with E-state index in [2.05, 4.69) is 9.88 Å². The number of hydrogen-bond acceptors (Lipinski definition) is 5. The van der Waals surface area contributed by atoms with Gasteiger partial charge in [-0.1, -0.05) is 6.92 Å². The van der Waals surface area contributed by atoms with Crippen molar-refractivity contribution >= 4 is 20.7 Å². The van der Waals surface area contributed by atoms with Crippen LogP contribution in [0.4, 0.5) is 0 Å². The zero-order valence-corrected chi connectivity index (χ0v) is 14.7. The highest BCUT2D eigenvalue weighted by Crippen LogP contribution is 2.22. The lowest BCUT2D eigenvalue weighted by molar-refractivity contribution is 0.214. The molecule has 130 valence electrons. The summed E-state index contributed by atoms with van der Waals surface area (Å²) in [6.07, 6.45) is 0.634. The number of hydrogen-bond donors (Lipinski definition) is 1. The van der Waals surface area contributed by atoms with Crippen molar-refractivity contribution < 1.29 is 13.2 Å². The van der Waals surface area contributed by atoms with Gasteiger partial charge in [-0.3, -0.25) is 9.69 Å². The summed E-state index contributed by atoms with van der Waals surface area (Å²) in [4.78, 5) is 17.3. The zero-order chi connectivity index (χ0) is 17.3. The summed E-state index contributed by atoms with van der Waals surface area (Å²) in [7, 11) is -1.34. The average Bonchev–Trinajstić information content (AvgIpc) is 2.92. The normalized spacial score (nSPS) is 19.9. The van der Waals surface area contributed by atoms with Gasteiger partial charge >= 0.3 is 0 Å². The molecule has 1 aliphatic heterocycles. The lowest BCUT2D eigenvalue weighted by Gasteiger charge is -2.26. The van der Waals surface area contributed by atoms with Crippen molar-refractivity contribution in [1.82, 2.24) is 9.88 Å². The second kappa shape index (κ2) is 6.57. The van der Waals surface area contributed by atoms with Crippen LogP contribution in [0.15, 0.2) is 29.1 Å². The minimum atomic E-state index is -2.94. The maximum Gasteiger partial charge on any atom is 0.252 e. The van der Waals surface area contributed by atoms with Gasteiger partial charge in [0.15, 0.2) is 9.84 Å². The molecule has 1 aliphatic rings. The highest BCUT2D eigenvalue weighted by atomic mass is 32.2. The minimum Gasteiger partial charge on any atom is -0.497 e. The number of sulfone groups is 1. The molecule has 0 saturated carbocycles. The van der Waals surface area contributed by atoms with Crippen LogP contribution in [-0.4, -0.2) is 49.5 Å². The van der Waals surface area contributed by atoms with E-state index in [1.165, 1.54) is 0 Å². The molecule has 6 nitrogen and oxygen atoms in total. The van der Waals surface area contributed by atoms with Crippen molar-refractivity contribution in [3.8, 4) is 5.75 Å². The van der Waals surface area contributed by atoms with Crippen molar-refractivity contribution in [1.29, 1.82) is 0 Å². The maximum atomic E-state index is 12.3. The number of pyridine rings is 1. The number of nitrogens with one attached hydrogen (secondary N) is 1. The lowest BCUT2D eigenvalue weighted by atomic mass is 10.1. The molecule has 1 N–H and O–H groups in total. The first-order valence-electron chi connectivity index (χ1n) is 8.06. The van der Waals surface area contributed by atoms with E-state index in [-0.39, 0.29) is 23.1 Å². The number of aromatic amines is 1. The summed E-state index contributed by atoms with van der Waals surface area (Å²) < 4.78 is 28.7. The van der Waals surface area contributed by atoms with Crippen LogP contribution in [0.2, 0.25) is 0 Å². The van der Waals surface area contributed by atoms with Crippen LogP contribution < -0.4 is 10.3 Å². The summed E-state index contributed by atoms with van der Waals surface area (Å²) in [6, 6.07) is 7.36. The molecule has 0 aliphatic carbocycles. The van der Waals surface area contributed by atoms with Gasteiger partial charge < -0.3 is 9.72 Å². The summed E-state index contributed by atoms with van der Waals surface area (Å²) in [5.74, 6) is 1.15. The summed E-state index contributed by atoms with van der Waals surface area (Å²) >= 11 is 0. The Morgan fingerprint density at radius 1 is 1.33 bits per heavy atom. The molecule has 1 saturated heterocycles. The Morgan fingerprint density at radius 2 is 2.12 bits per heavy atom. The Bertz CT molecular complexity index is 904. The second-order valence-electron chi connectivity index (χ2n) is 6.20. The molecule has 0 bridgehead atoms. The summed E-state index contributed by atoms with van der Waals surface area (Å²) in [5, 5.41) is 0.902. The standard InChI is InChI=1S/C17H22N2O4S/c1-3-19(14-6-7-24(21,22)11-14)10-13-8-12-9-15(23-2)4-5-16(12)18-17(13)20/h4-5,8-9,14H,3,6-7,10-11H2,1-2H3,(H,18,20)/t14-/m1/s1. The number of benzene rings is 1. The number of fused-ring (bicyclic) bond motifs is 1. The number of ether oxygens (including phenoxy) is 1. The Kier molecular flexibility index (Phi) is 4.64. The molecule has 1 aromatic heterocycles. The number of rotatable bonds is 5. The number of aromatic nitrogens is 1. The highest BCUT2D eigenvalue weighted by molar-refractivity contribution is 7.91. The van der Waals surface area contributed by atoms with E-state index >= 15 is 0 Å². The third-order valence-corrected chi connectivity index (χ3v) is 6.38. The van der Waals surface area contributed by atoms with Crippen LogP contribution >= 0.6 is 0 Å². The van der Waals surface area contributed by atoms with Crippen LogP contribution in [0.25, 0.3) is 10.9 Å². The van der Waals surface area contributed by atoms with Gasteiger partial charge in [0, 0.05) is 29.1 Å². The quantitative estimate of drug-likeness (QED) is 0.885. The molecular formula is C17H22N2O4S. The molecule has 3 rings (SSSR count). The van der Waals surface area contributed by atoms with Crippen molar-refractivity contribution in [3.63, 3.8) is 0 Å². The van der Waals surface area contributed by atoms with Gasteiger partial charge in [0.25, 0.3) is 5.56 Å². The largest absolute Gasteiger partial charge is 0.497 e. The Morgan fingerprint density at radius 3 is 2.75 bits per heavy atom. The minimum absolute atomic E-state index is 0.0135. The molecule has 1 atom stereocenters. The van der Waals surface area contributed by atoms with E-state index in [4.69, 9.17) is 4.74 Å². The fourth-order valence-electron chi connectivity index (χ4n) is 3.26. The van der Waals surface area contributed by atoms with Crippen molar-refractivity contribution in [2.24, 2.45) is 0 Å². The van der Waals surface area contributed by atoms with E-state index in [1.54, 1.807) is 13.2 Å². The van der Waals surface area contributed by atoms with Crippen molar-refractivity contribution in [2.75, 3.05) is 25.2 Å². The highest BCUT2D eigenvalue weighted by Gasteiger charge is 2.31. The van der Waals surface area contributed by atoms with Crippen molar-refractivity contribution in [3.05, 3.63) is 40.2 Å². The van der Waals surface area contributed by atoms with Gasteiger partial charge in [0.2, 0.25) is 0 Å². The molecule has 2 aromatic rings. The van der Waals surface area contributed by atoms with Gasteiger partial charge in [0.1, 0.15) is 5.75 Å². The monoisotopic (exact) mass is 350 g/mol. The fourth-order valence-corrected chi connectivity index (χ4v) is 5.02. The predicted octanol–water partition coefficient (Wildman–Crippen LogP) is 1.55. The van der Waals surface area contributed by atoms with E-state index in [0.717, 1.165) is 16.7 Å². The smallest absolute Gasteiger partial charge is 0.252 e. The molecule has 0 unspecified atom stereocenters. The number of nitrogens with zero attached hydrogens (tertiary/aromatic N) is 1. The Hall–Kier alpha value is -1.86. The van der Waals surface area contributed by atoms with Gasteiger partial charge in [-0.25, -0.2) is 8.42 Å². The first-order valence-corrected chi connectivity index (χ1v) is 9.88.